The lowest BCUT2D eigenvalue weighted by Gasteiger charge is -2.21. The highest BCUT2D eigenvalue weighted by Crippen LogP contribution is 2.23. The summed E-state index contributed by atoms with van der Waals surface area (Å²) in [7, 11) is -0.585. The van der Waals surface area contributed by atoms with Gasteiger partial charge in [-0.2, -0.15) is 0 Å². The average Bonchev–Trinajstić information content (AvgIpc) is 2.75. The van der Waals surface area contributed by atoms with E-state index in [0.29, 0.717) is 17.8 Å². The number of halogens is 1. The summed E-state index contributed by atoms with van der Waals surface area (Å²) in [5.41, 5.74) is 1.86. The van der Waals surface area contributed by atoms with Crippen molar-refractivity contribution in [1.82, 2.24) is 4.90 Å². The highest BCUT2D eigenvalue weighted by Gasteiger charge is 2.23. The number of amides is 1. The molecule has 5 nitrogen and oxygen atoms in total. The van der Waals surface area contributed by atoms with E-state index in [1.807, 2.05) is 30.3 Å². The third kappa shape index (κ3) is 4.86. The molecule has 3 rings (SSSR count). The molecule has 0 aromatic heterocycles. The second-order valence-electron chi connectivity index (χ2n) is 6.62. The topological polar surface area (TPSA) is 57.7 Å². The molecule has 0 saturated heterocycles. The molecule has 0 spiro atoms. The van der Waals surface area contributed by atoms with Crippen LogP contribution in [0, 0.1) is 0 Å². The summed E-state index contributed by atoms with van der Waals surface area (Å²) in [4.78, 5) is 14.5. The van der Waals surface area contributed by atoms with Gasteiger partial charge in [0.1, 0.15) is 0 Å². The van der Waals surface area contributed by atoms with E-state index in [9.17, 15) is 13.2 Å². The summed E-state index contributed by atoms with van der Waals surface area (Å²) < 4.78 is 28.2. The van der Waals surface area contributed by atoms with Crippen molar-refractivity contribution in [3.8, 4) is 0 Å². The van der Waals surface area contributed by atoms with Crippen LogP contribution in [0.3, 0.4) is 0 Å². The van der Waals surface area contributed by atoms with Crippen LogP contribution in [-0.4, -0.2) is 33.3 Å². The zero-order chi connectivity index (χ0) is 21.0. The summed E-state index contributed by atoms with van der Waals surface area (Å²) in [5, 5.41) is 0. The zero-order valence-corrected chi connectivity index (χ0v) is 18.5. The minimum Gasteiger partial charge on any atom is -0.337 e. The molecular formula is C22H21BrN2O3S. The van der Waals surface area contributed by atoms with Gasteiger partial charge in [-0.15, -0.1) is 0 Å². The number of para-hydroxylation sites is 1. The van der Waals surface area contributed by atoms with Gasteiger partial charge >= 0.3 is 0 Å². The first-order valence-electron chi connectivity index (χ1n) is 8.93. The van der Waals surface area contributed by atoms with Gasteiger partial charge in [-0.3, -0.25) is 9.10 Å². The van der Waals surface area contributed by atoms with E-state index in [1.54, 1.807) is 48.3 Å². The Morgan fingerprint density at radius 1 is 0.897 bits per heavy atom. The monoisotopic (exact) mass is 472 g/mol. The molecule has 3 aromatic carbocycles. The number of nitrogens with zero attached hydrogens (tertiary/aromatic N) is 2. The average molecular weight is 473 g/mol. The smallest absolute Gasteiger partial charge is 0.264 e. The van der Waals surface area contributed by atoms with Crippen molar-refractivity contribution >= 4 is 37.5 Å². The lowest BCUT2D eigenvalue weighted by atomic mass is 10.1. The molecule has 0 saturated carbocycles. The van der Waals surface area contributed by atoms with Crippen LogP contribution < -0.4 is 4.31 Å². The van der Waals surface area contributed by atoms with E-state index < -0.39 is 10.0 Å². The summed E-state index contributed by atoms with van der Waals surface area (Å²) >= 11 is 3.39. The third-order valence-electron chi connectivity index (χ3n) is 4.54. The van der Waals surface area contributed by atoms with Gasteiger partial charge in [0.2, 0.25) is 0 Å². The fourth-order valence-corrected chi connectivity index (χ4v) is 4.39. The molecule has 150 valence electrons. The Labute approximate surface area is 179 Å². The molecule has 29 heavy (non-hydrogen) atoms. The molecule has 0 aliphatic carbocycles. The fraction of sp³-hybridized carbons (Fsp3) is 0.136. The largest absolute Gasteiger partial charge is 0.337 e. The number of hydrogen-bond acceptors (Lipinski definition) is 3. The molecule has 0 unspecified atom stereocenters. The van der Waals surface area contributed by atoms with Crippen molar-refractivity contribution in [2.45, 2.75) is 11.4 Å². The number of anilines is 1. The maximum atomic E-state index is 13.0. The first-order valence-corrected chi connectivity index (χ1v) is 11.2. The molecule has 0 bridgehead atoms. The highest BCUT2D eigenvalue weighted by atomic mass is 79.9. The fourth-order valence-electron chi connectivity index (χ4n) is 2.88. The van der Waals surface area contributed by atoms with Crippen LogP contribution in [0.2, 0.25) is 0 Å². The number of hydrogen-bond donors (Lipinski definition) is 0. The number of benzene rings is 3. The van der Waals surface area contributed by atoms with Crippen LogP contribution in [0.4, 0.5) is 5.69 Å². The van der Waals surface area contributed by atoms with E-state index in [2.05, 4.69) is 15.9 Å². The molecular weight excluding hydrogens is 452 g/mol. The van der Waals surface area contributed by atoms with Crippen LogP contribution in [0.1, 0.15) is 15.9 Å². The SMILES string of the molecule is CN(Cc1ccc(Br)cc1)C(=O)c1cccc(S(=O)(=O)N(C)c2ccccc2)c1. The second-order valence-corrected chi connectivity index (χ2v) is 9.51. The second kappa shape index (κ2) is 8.80. The number of sulfonamides is 1. The first kappa shape index (κ1) is 21.1. The van der Waals surface area contributed by atoms with Crippen LogP contribution in [-0.2, 0) is 16.6 Å². The summed E-state index contributed by atoms with van der Waals surface area (Å²) in [6.07, 6.45) is 0. The van der Waals surface area contributed by atoms with Crippen molar-refractivity contribution in [2.75, 3.05) is 18.4 Å². The quantitative estimate of drug-likeness (QED) is 0.528. The van der Waals surface area contributed by atoms with E-state index in [4.69, 9.17) is 0 Å². The van der Waals surface area contributed by atoms with Gasteiger partial charge in [0.05, 0.1) is 10.6 Å². The molecule has 0 fully saturated rings. The van der Waals surface area contributed by atoms with Gasteiger partial charge in [0, 0.05) is 30.7 Å². The van der Waals surface area contributed by atoms with Gasteiger partial charge < -0.3 is 4.90 Å². The molecule has 3 aromatic rings. The number of carbonyl (C=O) groups excluding carboxylic acids is 1. The summed E-state index contributed by atoms with van der Waals surface area (Å²) in [5.74, 6) is -0.243. The Bertz CT molecular complexity index is 1100. The van der Waals surface area contributed by atoms with E-state index in [0.717, 1.165) is 10.0 Å². The van der Waals surface area contributed by atoms with E-state index >= 15 is 0 Å². The van der Waals surface area contributed by atoms with Crippen molar-refractivity contribution < 1.29 is 13.2 Å². The van der Waals surface area contributed by atoms with Crippen LogP contribution in [0.15, 0.2) is 88.2 Å². The maximum absolute atomic E-state index is 13.0. The lowest BCUT2D eigenvalue weighted by Crippen LogP contribution is -2.28. The van der Waals surface area contributed by atoms with Crippen LogP contribution in [0.5, 0.6) is 0 Å². The van der Waals surface area contributed by atoms with Gasteiger partial charge in [-0.1, -0.05) is 52.3 Å². The molecule has 0 N–H and O–H groups in total. The van der Waals surface area contributed by atoms with E-state index in [1.165, 1.54) is 23.5 Å². The normalized spacial score (nSPS) is 11.1. The summed E-state index contributed by atoms with van der Waals surface area (Å²) in [6.45, 7) is 0.424. The number of rotatable bonds is 6. The molecule has 7 heteroatoms. The van der Waals surface area contributed by atoms with Gasteiger partial charge in [0.15, 0.2) is 0 Å². The Kier molecular flexibility index (Phi) is 6.39. The molecule has 0 radical (unpaired) electrons. The van der Waals surface area contributed by atoms with E-state index in [-0.39, 0.29) is 10.8 Å². The van der Waals surface area contributed by atoms with Crippen molar-refractivity contribution in [1.29, 1.82) is 0 Å². The van der Waals surface area contributed by atoms with Crippen molar-refractivity contribution in [2.24, 2.45) is 0 Å². The molecule has 0 aliphatic rings. The predicted octanol–water partition coefficient (Wildman–Crippen LogP) is 4.55. The third-order valence-corrected chi connectivity index (χ3v) is 6.85. The molecule has 0 atom stereocenters. The maximum Gasteiger partial charge on any atom is 0.264 e. The minimum absolute atomic E-state index is 0.0757. The highest BCUT2D eigenvalue weighted by molar-refractivity contribution is 9.10. The molecule has 1 amide bonds. The van der Waals surface area contributed by atoms with Crippen LogP contribution in [0.25, 0.3) is 0 Å². The zero-order valence-electron chi connectivity index (χ0n) is 16.1. The Balaban J connectivity index is 1.82. The summed E-state index contributed by atoms with van der Waals surface area (Å²) in [6, 6.07) is 22.7. The molecule has 0 aliphatic heterocycles. The Morgan fingerprint density at radius 3 is 2.21 bits per heavy atom. The standard InChI is InChI=1S/C22H21BrN2O3S/c1-24(16-17-11-13-19(23)14-12-17)22(26)18-7-6-10-21(15-18)29(27,28)25(2)20-8-4-3-5-9-20/h3-15H,16H2,1-2H3. The lowest BCUT2D eigenvalue weighted by molar-refractivity contribution is 0.0785. The number of carbonyl (C=O) groups is 1. The minimum atomic E-state index is -3.78. The Hall–Kier alpha value is -2.64. The van der Waals surface area contributed by atoms with Gasteiger partial charge in [0.25, 0.3) is 15.9 Å². The van der Waals surface area contributed by atoms with Crippen molar-refractivity contribution in [3.63, 3.8) is 0 Å². The van der Waals surface area contributed by atoms with Crippen LogP contribution >= 0.6 is 15.9 Å². The molecule has 0 heterocycles. The van der Waals surface area contributed by atoms with Gasteiger partial charge in [-0.05, 0) is 48.0 Å². The van der Waals surface area contributed by atoms with Gasteiger partial charge in [-0.25, -0.2) is 8.42 Å². The Morgan fingerprint density at radius 2 is 1.55 bits per heavy atom. The first-order chi connectivity index (χ1) is 13.8. The predicted molar refractivity (Wildman–Crippen MR) is 118 cm³/mol. The van der Waals surface area contributed by atoms with Crippen molar-refractivity contribution in [3.05, 3.63) is 94.5 Å².